The number of fused-ring (bicyclic) bond motifs is 1. The number of phenols is 2. The molecular formula is C24H26N2O4. The number of benzene rings is 2. The summed E-state index contributed by atoms with van der Waals surface area (Å²) >= 11 is 0. The highest BCUT2D eigenvalue weighted by Gasteiger charge is 2.51. The van der Waals surface area contributed by atoms with Crippen LogP contribution in [0.4, 0.5) is 5.69 Å². The maximum atomic E-state index is 13.0. The molecule has 1 aliphatic carbocycles. The summed E-state index contributed by atoms with van der Waals surface area (Å²) in [6.45, 7) is 6.49. The molecule has 0 atom stereocenters. The van der Waals surface area contributed by atoms with E-state index in [4.69, 9.17) is 0 Å². The van der Waals surface area contributed by atoms with Crippen molar-refractivity contribution in [2.75, 3.05) is 11.9 Å². The lowest BCUT2D eigenvalue weighted by molar-refractivity contribution is -0.118. The molecule has 4 N–H and O–H groups in total. The first-order valence-electron chi connectivity index (χ1n) is 10.1. The summed E-state index contributed by atoms with van der Waals surface area (Å²) in [5.74, 6) is -0.526. The van der Waals surface area contributed by atoms with Crippen LogP contribution in [-0.2, 0) is 23.2 Å². The van der Waals surface area contributed by atoms with E-state index in [0.717, 1.165) is 28.6 Å². The number of nitrogens with one attached hydrogen (secondary N) is 1. The molecular weight excluding hydrogens is 380 g/mol. The summed E-state index contributed by atoms with van der Waals surface area (Å²) < 4.78 is 2.14. The van der Waals surface area contributed by atoms with Gasteiger partial charge in [0.1, 0.15) is 0 Å². The van der Waals surface area contributed by atoms with E-state index in [-0.39, 0.29) is 24.0 Å². The van der Waals surface area contributed by atoms with Gasteiger partial charge >= 0.3 is 0 Å². The summed E-state index contributed by atoms with van der Waals surface area (Å²) in [5.41, 5.74) is 3.66. The molecule has 6 nitrogen and oxygen atoms in total. The number of hydrogen-bond acceptors (Lipinski definition) is 4. The molecule has 1 fully saturated rings. The van der Waals surface area contributed by atoms with Gasteiger partial charge in [0.05, 0.1) is 12.0 Å². The molecule has 0 radical (unpaired) electrons. The van der Waals surface area contributed by atoms with Crippen molar-refractivity contribution in [3.8, 4) is 11.5 Å². The maximum absolute atomic E-state index is 13.0. The number of phenolic OH excluding ortho intramolecular Hbond substituents is 2. The van der Waals surface area contributed by atoms with Gasteiger partial charge in [0, 0.05) is 28.8 Å². The smallest absolute Gasteiger partial charge is 0.235 e. The first kappa shape index (κ1) is 20.0. The van der Waals surface area contributed by atoms with Gasteiger partial charge in [0.15, 0.2) is 11.5 Å². The molecule has 4 rings (SSSR count). The number of amides is 1. The number of rotatable bonds is 7. The van der Waals surface area contributed by atoms with Gasteiger partial charge in [-0.3, -0.25) is 4.79 Å². The molecule has 30 heavy (non-hydrogen) atoms. The molecule has 1 saturated carbocycles. The number of anilines is 1. The van der Waals surface area contributed by atoms with Crippen molar-refractivity contribution in [1.82, 2.24) is 4.57 Å². The lowest BCUT2D eigenvalue weighted by atomic mass is 9.94. The lowest BCUT2D eigenvalue weighted by Gasteiger charge is -2.17. The predicted octanol–water partition coefficient (Wildman–Crippen LogP) is 3.83. The number of hydrogen-bond donors (Lipinski definition) is 4. The average molecular weight is 406 g/mol. The molecule has 6 heteroatoms. The Morgan fingerprint density at radius 2 is 1.90 bits per heavy atom. The average Bonchev–Trinajstić information content (AvgIpc) is 3.48. The highest BCUT2D eigenvalue weighted by molar-refractivity contribution is 6.02. The van der Waals surface area contributed by atoms with Gasteiger partial charge in [-0.05, 0) is 66.8 Å². The zero-order valence-corrected chi connectivity index (χ0v) is 17.0. The van der Waals surface area contributed by atoms with Crippen LogP contribution in [0.5, 0.6) is 11.5 Å². The molecule has 1 heterocycles. The molecule has 156 valence electrons. The molecule has 3 aromatic rings. The minimum absolute atomic E-state index is 0.0497. The van der Waals surface area contributed by atoms with Crippen LogP contribution in [0.3, 0.4) is 0 Å². The third-order valence-electron chi connectivity index (χ3n) is 5.93. The van der Waals surface area contributed by atoms with Crippen molar-refractivity contribution >= 4 is 22.5 Å². The van der Waals surface area contributed by atoms with Crippen molar-refractivity contribution in [1.29, 1.82) is 0 Å². The summed E-state index contributed by atoms with van der Waals surface area (Å²) in [4.78, 5) is 13.0. The normalized spacial score (nSPS) is 14.6. The Morgan fingerprint density at radius 1 is 1.13 bits per heavy atom. The van der Waals surface area contributed by atoms with Crippen LogP contribution in [0, 0.1) is 0 Å². The van der Waals surface area contributed by atoms with Crippen LogP contribution in [0.25, 0.3) is 10.9 Å². The SMILES string of the molecule is C=C(CO)Cn1c(CC)cc2cc(NC(=O)C3(c4ccc(O)c(O)c4)CC3)ccc21. The second-order valence-electron chi connectivity index (χ2n) is 8.00. The van der Waals surface area contributed by atoms with Gasteiger partial charge in [0.25, 0.3) is 0 Å². The van der Waals surface area contributed by atoms with E-state index in [1.807, 2.05) is 18.2 Å². The number of carbonyl (C=O) groups excluding carboxylic acids is 1. The Bertz CT molecular complexity index is 1140. The Hall–Kier alpha value is -3.25. The van der Waals surface area contributed by atoms with E-state index in [2.05, 4.69) is 29.5 Å². The Balaban J connectivity index is 1.60. The van der Waals surface area contributed by atoms with Crippen LogP contribution >= 0.6 is 0 Å². The zero-order chi connectivity index (χ0) is 21.5. The van der Waals surface area contributed by atoms with Gasteiger partial charge < -0.3 is 25.2 Å². The number of aryl methyl sites for hydroxylation is 1. The second-order valence-corrected chi connectivity index (χ2v) is 8.00. The fourth-order valence-corrected chi connectivity index (χ4v) is 4.00. The van der Waals surface area contributed by atoms with Crippen LogP contribution in [0.1, 0.15) is 31.0 Å². The van der Waals surface area contributed by atoms with E-state index in [9.17, 15) is 20.1 Å². The lowest BCUT2D eigenvalue weighted by Crippen LogP contribution is -2.27. The van der Waals surface area contributed by atoms with Crippen molar-refractivity contribution < 1.29 is 20.1 Å². The number of aliphatic hydroxyl groups excluding tert-OH is 1. The third-order valence-corrected chi connectivity index (χ3v) is 5.93. The van der Waals surface area contributed by atoms with Gasteiger partial charge in [-0.25, -0.2) is 0 Å². The van der Waals surface area contributed by atoms with E-state index in [1.165, 1.54) is 12.1 Å². The molecule has 0 spiro atoms. The number of nitrogens with zero attached hydrogens (tertiary/aromatic N) is 1. The molecule has 0 saturated heterocycles. The van der Waals surface area contributed by atoms with E-state index < -0.39 is 5.41 Å². The minimum atomic E-state index is -0.667. The van der Waals surface area contributed by atoms with Gasteiger partial charge in [-0.1, -0.05) is 19.6 Å². The number of aliphatic hydroxyl groups is 1. The largest absolute Gasteiger partial charge is 0.504 e. The van der Waals surface area contributed by atoms with Crippen LogP contribution in [0.2, 0.25) is 0 Å². The topological polar surface area (TPSA) is 94.7 Å². The van der Waals surface area contributed by atoms with E-state index in [0.29, 0.717) is 30.6 Å². The summed E-state index contributed by atoms with van der Waals surface area (Å²) in [5, 5.41) is 32.7. The number of aromatic nitrogens is 1. The summed E-state index contributed by atoms with van der Waals surface area (Å²) in [6.07, 6.45) is 2.25. The molecule has 1 aromatic heterocycles. The second kappa shape index (κ2) is 7.54. The minimum Gasteiger partial charge on any atom is -0.504 e. The Labute approximate surface area is 175 Å². The summed E-state index contributed by atoms with van der Waals surface area (Å²) in [7, 11) is 0. The molecule has 2 aromatic carbocycles. The molecule has 1 aliphatic rings. The quantitative estimate of drug-likeness (QED) is 0.354. The Morgan fingerprint density at radius 3 is 2.53 bits per heavy atom. The van der Waals surface area contributed by atoms with E-state index in [1.54, 1.807) is 6.07 Å². The third kappa shape index (κ3) is 3.44. The van der Waals surface area contributed by atoms with Gasteiger partial charge in [-0.2, -0.15) is 0 Å². The van der Waals surface area contributed by atoms with Crippen molar-refractivity contribution in [3.05, 3.63) is 65.9 Å². The van der Waals surface area contributed by atoms with E-state index >= 15 is 0 Å². The highest BCUT2D eigenvalue weighted by atomic mass is 16.3. The molecule has 0 aliphatic heterocycles. The molecule has 0 bridgehead atoms. The van der Waals surface area contributed by atoms with Gasteiger partial charge in [-0.15, -0.1) is 0 Å². The predicted molar refractivity (Wildman–Crippen MR) is 117 cm³/mol. The number of carbonyl (C=O) groups is 1. The Kier molecular flexibility index (Phi) is 5.03. The first-order chi connectivity index (χ1) is 14.4. The molecule has 1 amide bonds. The van der Waals surface area contributed by atoms with Crippen molar-refractivity contribution in [2.24, 2.45) is 0 Å². The van der Waals surface area contributed by atoms with Crippen LogP contribution < -0.4 is 5.32 Å². The molecule has 0 unspecified atom stereocenters. The zero-order valence-electron chi connectivity index (χ0n) is 17.0. The first-order valence-corrected chi connectivity index (χ1v) is 10.1. The maximum Gasteiger partial charge on any atom is 0.235 e. The van der Waals surface area contributed by atoms with Crippen LogP contribution in [-0.4, -0.2) is 32.4 Å². The van der Waals surface area contributed by atoms with Gasteiger partial charge in [0.2, 0.25) is 5.91 Å². The monoisotopic (exact) mass is 406 g/mol. The standard InChI is InChI=1S/C24H26N2O4/c1-3-19-11-16-10-18(5-6-20(16)26(19)13-15(2)14-27)25-23(30)24(8-9-24)17-4-7-21(28)22(29)12-17/h4-7,10-12,27-29H,2-3,8-9,13-14H2,1H3,(H,25,30). The summed E-state index contributed by atoms with van der Waals surface area (Å²) in [6, 6.07) is 12.5. The fourth-order valence-electron chi connectivity index (χ4n) is 4.00. The number of aromatic hydroxyl groups is 2. The fraction of sp³-hybridized carbons (Fsp3) is 0.292. The van der Waals surface area contributed by atoms with Crippen molar-refractivity contribution in [2.45, 2.75) is 38.1 Å². The van der Waals surface area contributed by atoms with Crippen molar-refractivity contribution in [3.63, 3.8) is 0 Å². The highest BCUT2D eigenvalue weighted by Crippen LogP contribution is 2.50. The van der Waals surface area contributed by atoms with Crippen LogP contribution in [0.15, 0.2) is 54.6 Å².